The van der Waals surface area contributed by atoms with Crippen LogP contribution in [0, 0.1) is 0 Å². The molecule has 0 saturated carbocycles. The molecule has 0 spiro atoms. The molecule has 8 heteroatoms. The molecule has 0 N–H and O–H groups in total. The zero-order valence-corrected chi connectivity index (χ0v) is 19.4. The number of hydrogen-bond donors (Lipinski definition) is 0. The summed E-state index contributed by atoms with van der Waals surface area (Å²) in [6.45, 7) is 2.17. The van der Waals surface area contributed by atoms with Gasteiger partial charge in [0.15, 0.2) is 17.2 Å². The molecular formula is C27H23NO7. The SMILES string of the molecule is CCOc1cc(C=C2N=C(c3ccc(OC)cc3)OC2=O)ccc1OC(=O)c1cccc(OC)c1. The van der Waals surface area contributed by atoms with Crippen LogP contribution in [0.4, 0.5) is 0 Å². The number of ether oxygens (including phenoxy) is 5. The van der Waals surface area contributed by atoms with Gasteiger partial charge in [-0.15, -0.1) is 0 Å². The Morgan fingerprint density at radius 2 is 1.71 bits per heavy atom. The molecule has 0 fully saturated rings. The van der Waals surface area contributed by atoms with Gasteiger partial charge in [-0.25, -0.2) is 14.6 Å². The maximum Gasteiger partial charge on any atom is 0.363 e. The van der Waals surface area contributed by atoms with Gasteiger partial charge >= 0.3 is 11.9 Å². The molecule has 0 atom stereocenters. The minimum atomic E-state index is -0.567. The number of benzene rings is 3. The molecule has 35 heavy (non-hydrogen) atoms. The van der Waals surface area contributed by atoms with Gasteiger partial charge in [-0.1, -0.05) is 12.1 Å². The second kappa shape index (κ2) is 10.6. The van der Waals surface area contributed by atoms with Crippen LogP contribution in [-0.4, -0.2) is 38.7 Å². The molecule has 0 saturated heterocycles. The first-order chi connectivity index (χ1) is 17.0. The Morgan fingerprint density at radius 3 is 2.43 bits per heavy atom. The third-order valence-corrected chi connectivity index (χ3v) is 5.04. The molecule has 0 radical (unpaired) electrons. The van der Waals surface area contributed by atoms with Gasteiger partial charge in [0, 0.05) is 5.56 Å². The number of esters is 2. The van der Waals surface area contributed by atoms with Crippen molar-refractivity contribution in [3.8, 4) is 23.0 Å². The molecule has 178 valence electrons. The first-order valence-corrected chi connectivity index (χ1v) is 10.8. The van der Waals surface area contributed by atoms with Crippen molar-refractivity contribution >= 4 is 23.9 Å². The van der Waals surface area contributed by atoms with E-state index < -0.39 is 11.9 Å². The smallest absolute Gasteiger partial charge is 0.363 e. The maximum atomic E-state index is 12.6. The Bertz CT molecular complexity index is 1310. The first-order valence-electron chi connectivity index (χ1n) is 10.8. The normalized spacial score (nSPS) is 13.7. The lowest BCUT2D eigenvalue weighted by Crippen LogP contribution is -2.10. The second-order valence-electron chi connectivity index (χ2n) is 7.33. The maximum absolute atomic E-state index is 12.6. The molecule has 1 aliphatic rings. The molecule has 0 amide bonds. The van der Waals surface area contributed by atoms with Crippen molar-refractivity contribution in [2.75, 3.05) is 20.8 Å². The Kier molecular flexibility index (Phi) is 7.11. The van der Waals surface area contributed by atoms with Crippen LogP contribution in [-0.2, 0) is 9.53 Å². The van der Waals surface area contributed by atoms with Crippen molar-refractivity contribution < 1.29 is 33.3 Å². The molecule has 3 aromatic carbocycles. The average Bonchev–Trinajstić information content (AvgIpc) is 3.25. The molecule has 1 heterocycles. The lowest BCUT2D eigenvalue weighted by molar-refractivity contribution is -0.129. The van der Waals surface area contributed by atoms with E-state index in [1.165, 1.54) is 7.11 Å². The summed E-state index contributed by atoms with van der Waals surface area (Å²) >= 11 is 0. The standard InChI is InChI=1S/C27H23NO7/c1-4-33-24-15-17(8-13-23(24)34-26(29)19-6-5-7-21(16-19)32-3)14-22-27(30)35-25(28-22)18-9-11-20(31-2)12-10-18/h5-16H,4H2,1-3H3. The fourth-order valence-electron chi connectivity index (χ4n) is 3.30. The summed E-state index contributed by atoms with van der Waals surface area (Å²) in [7, 11) is 3.10. The highest BCUT2D eigenvalue weighted by molar-refractivity contribution is 6.12. The van der Waals surface area contributed by atoms with Crippen LogP contribution in [0.25, 0.3) is 6.08 Å². The molecular weight excluding hydrogens is 450 g/mol. The summed E-state index contributed by atoms with van der Waals surface area (Å²) in [6.07, 6.45) is 1.58. The number of aliphatic imine (C=N–C) groups is 1. The Balaban J connectivity index is 1.57. The van der Waals surface area contributed by atoms with Gasteiger partial charge in [-0.3, -0.25) is 0 Å². The van der Waals surface area contributed by atoms with Crippen molar-refractivity contribution in [1.29, 1.82) is 0 Å². The van der Waals surface area contributed by atoms with Gasteiger partial charge in [0.05, 0.1) is 26.4 Å². The van der Waals surface area contributed by atoms with Gasteiger partial charge in [-0.2, -0.15) is 0 Å². The number of cyclic esters (lactones) is 1. The summed E-state index contributed by atoms with van der Waals surface area (Å²) in [6, 6.07) is 18.6. The average molecular weight is 473 g/mol. The summed E-state index contributed by atoms with van der Waals surface area (Å²) in [5.74, 6) is 0.917. The summed E-state index contributed by atoms with van der Waals surface area (Å²) in [5, 5.41) is 0. The highest BCUT2D eigenvalue weighted by Crippen LogP contribution is 2.31. The van der Waals surface area contributed by atoms with E-state index in [0.717, 1.165) is 0 Å². The van der Waals surface area contributed by atoms with E-state index >= 15 is 0 Å². The van der Waals surface area contributed by atoms with Crippen LogP contribution < -0.4 is 18.9 Å². The van der Waals surface area contributed by atoms with Gasteiger partial charge in [0.2, 0.25) is 5.90 Å². The fraction of sp³-hybridized carbons (Fsp3) is 0.148. The first kappa shape index (κ1) is 23.6. The summed E-state index contributed by atoms with van der Waals surface area (Å²) in [5.41, 5.74) is 1.75. The van der Waals surface area contributed by atoms with E-state index in [4.69, 9.17) is 23.7 Å². The quantitative estimate of drug-likeness (QED) is 0.267. The van der Waals surface area contributed by atoms with Crippen molar-refractivity contribution in [2.45, 2.75) is 6.92 Å². The van der Waals surface area contributed by atoms with Crippen molar-refractivity contribution in [1.82, 2.24) is 0 Å². The van der Waals surface area contributed by atoms with E-state index in [1.807, 2.05) is 6.92 Å². The molecule has 8 nitrogen and oxygen atoms in total. The number of carbonyl (C=O) groups is 2. The minimum Gasteiger partial charge on any atom is -0.497 e. The van der Waals surface area contributed by atoms with Crippen LogP contribution in [0.3, 0.4) is 0 Å². The Labute approximate surface area is 202 Å². The van der Waals surface area contributed by atoms with Crippen molar-refractivity contribution in [3.05, 3.63) is 89.1 Å². The molecule has 0 bridgehead atoms. The zero-order valence-electron chi connectivity index (χ0n) is 19.4. The van der Waals surface area contributed by atoms with Crippen LogP contribution in [0.1, 0.15) is 28.4 Å². The molecule has 4 rings (SSSR count). The molecule has 1 aliphatic heterocycles. The topological polar surface area (TPSA) is 92.6 Å². The number of hydrogen-bond acceptors (Lipinski definition) is 8. The number of nitrogens with zero attached hydrogens (tertiary/aromatic N) is 1. The van der Waals surface area contributed by atoms with Gasteiger partial charge in [0.1, 0.15) is 11.5 Å². The van der Waals surface area contributed by atoms with Crippen LogP contribution >= 0.6 is 0 Å². The summed E-state index contributed by atoms with van der Waals surface area (Å²) < 4.78 is 26.8. The lowest BCUT2D eigenvalue weighted by Gasteiger charge is -2.12. The van der Waals surface area contributed by atoms with E-state index in [9.17, 15) is 9.59 Å². The Morgan fingerprint density at radius 1 is 0.943 bits per heavy atom. The van der Waals surface area contributed by atoms with Gasteiger partial charge in [0.25, 0.3) is 0 Å². The van der Waals surface area contributed by atoms with Crippen LogP contribution in [0.15, 0.2) is 77.4 Å². The molecule has 0 aromatic heterocycles. The number of methoxy groups -OCH3 is 2. The second-order valence-corrected chi connectivity index (χ2v) is 7.33. The van der Waals surface area contributed by atoms with Crippen LogP contribution in [0.2, 0.25) is 0 Å². The third kappa shape index (κ3) is 5.50. The van der Waals surface area contributed by atoms with Crippen molar-refractivity contribution in [3.63, 3.8) is 0 Å². The molecule has 0 unspecified atom stereocenters. The predicted molar refractivity (Wildman–Crippen MR) is 129 cm³/mol. The lowest BCUT2D eigenvalue weighted by atomic mass is 10.1. The zero-order chi connectivity index (χ0) is 24.8. The van der Waals surface area contributed by atoms with Crippen molar-refractivity contribution in [2.24, 2.45) is 4.99 Å². The Hall–Kier alpha value is -4.59. The molecule has 3 aromatic rings. The van der Waals surface area contributed by atoms with Gasteiger partial charge in [-0.05, 0) is 73.2 Å². The van der Waals surface area contributed by atoms with E-state index in [2.05, 4.69) is 4.99 Å². The van der Waals surface area contributed by atoms with Crippen LogP contribution in [0.5, 0.6) is 23.0 Å². The highest BCUT2D eigenvalue weighted by Gasteiger charge is 2.24. The monoisotopic (exact) mass is 473 g/mol. The largest absolute Gasteiger partial charge is 0.497 e. The molecule has 0 aliphatic carbocycles. The third-order valence-electron chi connectivity index (χ3n) is 5.04. The van der Waals surface area contributed by atoms with Gasteiger partial charge < -0.3 is 23.7 Å². The highest BCUT2D eigenvalue weighted by atomic mass is 16.6. The van der Waals surface area contributed by atoms with E-state index in [0.29, 0.717) is 40.5 Å². The number of rotatable bonds is 8. The summed E-state index contributed by atoms with van der Waals surface area (Å²) in [4.78, 5) is 29.3. The van der Waals surface area contributed by atoms with E-state index in [1.54, 1.807) is 79.9 Å². The number of carbonyl (C=O) groups excluding carboxylic acids is 2. The predicted octanol–water partition coefficient (Wildman–Crippen LogP) is 4.67. The van der Waals surface area contributed by atoms with E-state index in [-0.39, 0.29) is 17.3 Å². The minimum absolute atomic E-state index is 0.138. The fourth-order valence-corrected chi connectivity index (χ4v) is 3.30.